The van der Waals surface area contributed by atoms with E-state index in [9.17, 15) is 0 Å². The molecule has 0 N–H and O–H groups in total. The molecule has 0 fully saturated rings. The van der Waals surface area contributed by atoms with Crippen LogP contribution >= 0.6 is 11.7 Å². The Bertz CT molecular complexity index is 1750. The lowest BCUT2D eigenvalue weighted by Crippen LogP contribution is -1.97. The molecule has 2 heterocycles. The van der Waals surface area contributed by atoms with Crippen molar-refractivity contribution in [2.45, 2.75) is 117 Å². The lowest BCUT2D eigenvalue weighted by molar-refractivity contribution is 0.304. The summed E-state index contributed by atoms with van der Waals surface area (Å²) in [6, 6.07) is 19.7. The van der Waals surface area contributed by atoms with Crippen LogP contribution < -0.4 is 9.47 Å². The Morgan fingerprint density at radius 1 is 0.580 bits per heavy atom. The second kappa shape index (κ2) is 21.1. The van der Waals surface area contributed by atoms with Gasteiger partial charge < -0.3 is 14.0 Å². The fourth-order valence-corrected chi connectivity index (χ4v) is 6.49. The highest BCUT2D eigenvalue weighted by Gasteiger charge is 2.17. The van der Waals surface area contributed by atoms with Gasteiger partial charge in [0.15, 0.2) is 0 Å². The van der Waals surface area contributed by atoms with E-state index >= 15 is 0 Å². The Morgan fingerprint density at radius 2 is 1.12 bits per heavy atom. The third-order valence-corrected chi connectivity index (χ3v) is 9.44. The minimum absolute atomic E-state index is 0.445. The van der Waals surface area contributed by atoms with Gasteiger partial charge in [0, 0.05) is 11.1 Å². The highest BCUT2D eigenvalue weighted by Crippen LogP contribution is 2.30. The first kappa shape index (κ1) is 37.0. The van der Waals surface area contributed by atoms with E-state index in [0.717, 1.165) is 77.1 Å². The van der Waals surface area contributed by atoms with Crippen molar-refractivity contribution in [2.75, 3.05) is 13.2 Å². The van der Waals surface area contributed by atoms with Crippen LogP contribution in [0.1, 0.15) is 128 Å². The lowest BCUT2D eigenvalue weighted by Gasteiger charge is -2.06. The van der Waals surface area contributed by atoms with Crippen LogP contribution in [-0.4, -0.2) is 32.1 Å². The topological polar surface area (TPSA) is 83.2 Å². The molecule has 3 aromatic carbocycles. The molecule has 50 heavy (non-hydrogen) atoms. The third kappa shape index (κ3) is 11.7. The van der Waals surface area contributed by atoms with Crippen LogP contribution in [0.3, 0.4) is 0 Å². The summed E-state index contributed by atoms with van der Waals surface area (Å²) < 4.78 is 26.7. The van der Waals surface area contributed by atoms with Crippen LogP contribution in [0.4, 0.5) is 0 Å². The zero-order valence-corrected chi connectivity index (χ0v) is 30.7. The molecule has 264 valence electrons. The van der Waals surface area contributed by atoms with Gasteiger partial charge in [0.05, 0.1) is 36.1 Å². The van der Waals surface area contributed by atoms with Crippen molar-refractivity contribution in [3.05, 3.63) is 71.8 Å². The standard InChI is InChI=1S/C42H52N4O3S/c1-3-5-7-9-11-13-15-17-31-47-36-26-20-33(21-27-36)19-22-34-25-30-38(40-39(34)45-50-46-40)41-43-42(49-44-41)35-23-28-37(29-24-35)48-32-18-16-14-12-10-8-6-4-2/h20-21,23-30H,3-18,31-32H2,1-2H3. The number of hydrogen-bond acceptors (Lipinski definition) is 8. The first-order valence-corrected chi connectivity index (χ1v) is 19.6. The van der Waals surface area contributed by atoms with Gasteiger partial charge in [-0.2, -0.15) is 13.7 Å². The second-order valence-electron chi connectivity index (χ2n) is 13.0. The van der Waals surface area contributed by atoms with Gasteiger partial charge in [-0.15, -0.1) is 0 Å². The summed E-state index contributed by atoms with van der Waals surface area (Å²) in [5, 5.41) is 4.27. The molecule has 0 aliphatic heterocycles. The Balaban J connectivity index is 1.10. The monoisotopic (exact) mass is 692 g/mol. The van der Waals surface area contributed by atoms with Gasteiger partial charge in [0.25, 0.3) is 5.89 Å². The van der Waals surface area contributed by atoms with Crippen LogP contribution in [0.25, 0.3) is 33.9 Å². The van der Waals surface area contributed by atoms with E-state index in [-0.39, 0.29) is 0 Å². The molecule has 0 radical (unpaired) electrons. The van der Waals surface area contributed by atoms with Crippen LogP contribution in [0.15, 0.2) is 65.2 Å². The Kier molecular flexibility index (Phi) is 15.6. The number of rotatable bonds is 22. The largest absolute Gasteiger partial charge is 0.494 e. The molecule has 0 saturated carbocycles. The van der Waals surface area contributed by atoms with Crippen LogP contribution in [-0.2, 0) is 0 Å². The maximum absolute atomic E-state index is 5.96. The van der Waals surface area contributed by atoms with Crippen molar-refractivity contribution >= 4 is 22.8 Å². The molecule has 0 unspecified atom stereocenters. The van der Waals surface area contributed by atoms with Gasteiger partial charge in [-0.25, -0.2) is 0 Å². The molecular formula is C42H52N4O3S. The molecular weight excluding hydrogens is 641 g/mol. The number of benzene rings is 3. The molecule has 0 aliphatic carbocycles. The average molecular weight is 693 g/mol. The molecule has 0 amide bonds. The molecule has 0 spiro atoms. The highest BCUT2D eigenvalue weighted by molar-refractivity contribution is 7.00. The van der Waals surface area contributed by atoms with Crippen LogP contribution in [0.2, 0.25) is 0 Å². The summed E-state index contributed by atoms with van der Waals surface area (Å²) in [7, 11) is 0. The molecule has 0 saturated heterocycles. The SMILES string of the molecule is CCCCCCCCCCOc1ccc(C#Cc2ccc(-c3noc(-c4ccc(OCCCCCCCCCC)cc4)n3)c3nsnc23)cc1. The highest BCUT2D eigenvalue weighted by atomic mass is 32.1. The van der Waals surface area contributed by atoms with Gasteiger partial charge in [-0.1, -0.05) is 121 Å². The molecule has 5 aromatic rings. The first-order valence-electron chi connectivity index (χ1n) is 18.8. The summed E-state index contributed by atoms with van der Waals surface area (Å²) in [5.41, 5.74) is 4.76. The van der Waals surface area contributed by atoms with E-state index in [1.807, 2.05) is 60.7 Å². The maximum atomic E-state index is 5.96. The van der Waals surface area contributed by atoms with E-state index in [2.05, 4.69) is 44.6 Å². The van der Waals surface area contributed by atoms with Crippen molar-refractivity contribution < 1.29 is 14.0 Å². The predicted molar refractivity (Wildman–Crippen MR) is 205 cm³/mol. The average Bonchev–Trinajstić information content (AvgIpc) is 3.85. The van der Waals surface area contributed by atoms with Crippen molar-refractivity contribution in [1.82, 2.24) is 18.9 Å². The molecule has 0 atom stereocenters. The van der Waals surface area contributed by atoms with Crippen LogP contribution in [0.5, 0.6) is 11.5 Å². The normalized spacial score (nSPS) is 11.1. The van der Waals surface area contributed by atoms with Gasteiger partial charge in [-0.3, -0.25) is 0 Å². The number of nitrogens with zero attached hydrogens (tertiary/aromatic N) is 4. The minimum Gasteiger partial charge on any atom is -0.494 e. The quantitative estimate of drug-likeness (QED) is 0.0527. The summed E-state index contributed by atoms with van der Waals surface area (Å²) in [6.07, 6.45) is 20.6. The van der Waals surface area contributed by atoms with Crippen molar-refractivity contribution in [1.29, 1.82) is 0 Å². The Labute approximate surface area is 302 Å². The fourth-order valence-electron chi connectivity index (χ4n) is 5.92. The zero-order chi connectivity index (χ0) is 34.6. The minimum atomic E-state index is 0.445. The summed E-state index contributed by atoms with van der Waals surface area (Å²) >= 11 is 1.15. The molecule has 0 aliphatic rings. The Hall–Kier alpha value is -4.22. The molecule has 5 rings (SSSR count). The summed E-state index contributed by atoms with van der Waals surface area (Å²) in [5.74, 6) is 9.19. The number of fused-ring (bicyclic) bond motifs is 1. The lowest BCUT2D eigenvalue weighted by atomic mass is 10.1. The zero-order valence-electron chi connectivity index (χ0n) is 29.9. The number of unbranched alkanes of at least 4 members (excludes halogenated alkanes) is 14. The fraction of sp³-hybridized carbons (Fsp3) is 0.476. The summed E-state index contributed by atoms with van der Waals surface area (Å²) in [4.78, 5) is 4.68. The molecule has 0 bridgehead atoms. The Morgan fingerprint density at radius 3 is 1.72 bits per heavy atom. The van der Waals surface area contributed by atoms with Crippen LogP contribution in [0, 0.1) is 11.8 Å². The first-order chi connectivity index (χ1) is 24.7. The van der Waals surface area contributed by atoms with Gasteiger partial charge in [0.1, 0.15) is 22.5 Å². The maximum Gasteiger partial charge on any atom is 0.258 e. The number of aromatic nitrogens is 4. The van der Waals surface area contributed by atoms with Crippen molar-refractivity contribution in [3.8, 4) is 46.2 Å². The van der Waals surface area contributed by atoms with Gasteiger partial charge >= 0.3 is 0 Å². The van der Waals surface area contributed by atoms with E-state index in [1.165, 1.54) is 89.9 Å². The van der Waals surface area contributed by atoms with Gasteiger partial charge in [-0.05, 0) is 73.5 Å². The number of ether oxygens (including phenoxy) is 2. The predicted octanol–water partition coefficient (Wildman–Crippen LogP) is 11.8. The molecule has 2 aromatic heterocycles. The second-order valence-corrected chi connectivity index (χ2v) is 13.5. The van der Waals surface area contributed by atoms with E-state index < -0.39 is 0 Å². The van der Waals surface area contributed by atoms with E-state index in [1.54, 1.807) is 0 Å². The van der Waals surface area contributed by atoms with E-state index in [4.69, 9.17) is 14.0 Å². The van der Waals surface area contributed by atoms with Crippen molar-refractivity contribution in [2.24, 2.45) is 0 Å². The molecule has 8 heteroatoms. The number of hydrogen-bond donors (Lipinski definition) is 0. The van der Waals surface area contributed by atoms with E-state index in [0.29, 0.717) is 17.2 Å². The summed E-state index contributed by atoms with van der Waals surface area (Å²) in [6.45, 7) is 6.00. The third-order valence-electron chi connectivity index (χ3n) is 8.91. The molecule has 7 nitrogen and oxygen atoms in total. The van der Waals surface area contributed by atoms with Gasteiger partial charge in [0.2, 0.25) is 5.82 Å². The smallest absolute Gasteiger partial charge is 0.258 e. The van der Waals surface area contributed by atoms with Crippen molar-refractivity contribution in [3.63, 3.8) is 0 Å².